The van der Waals surface area contributed by atoms with Crippen LogP contribution >= 0.6 is 0 Å². The highest BCUT2D eigenvalue weighted by Crippen LogP contribution is 2.17. The molecule has 0 radical (unpaired) electrons. The lowest BCUT2D eigenvalue weighted by molar-refractivity contribution is 0.0911. The molecule has 0 bridgehead atoms. The average molecular weight is 250 g/mol. The minimum Gasteiger partial charge on any atom is -0.392 e. The molecular formula is C10H22N2O3S. The van der Waals surface area contributed by atoms with Crippen LogP contribution in [0.4, 0.5) is 0 Å². The molecule has 2 atom stereocenters. The second-order valence-electron chi connectivity index (χ2n) is 4.43. The first kappa shape index (κ1) is 13.9. The van der Waals surface area contributed by atoms with Gasteiger partial charge in [0, 0.05) is 12.6 Å². The topological polar surface area (TPSA) is 78.4 Å². The van der Waals surface area contributed by atoms with Crippen LogP contribution < -0.4 is 10.0 Å². The van der Waals surface area contributed by atoms with Crippen molar-refractivity contribution in [3.63, 3.8) is 0 Å². The molecule has 16 heavy (non-hydrogen) atoms. The monoisotopic (exact) mass is 250 g/mol. The molecule has 1 saturated carbocycles. The van der Waals surface area contributed by atoms with Gasteiger partial charge in [-0.1, -0.05) is 12.8 Å². The first-order valence-electron chi connectivity index (χ1n) is 5.85. The van der Waals surface area contributed by atoms with E-state index in [0.29, 0.717) is 6.54 Å². The number of rotatable bonds is 6. The maximum Gasteiger partial charge on any atom is 0.208 e. The van der Waals surface area contributed by atoms with E-state index in [1.807, 2.05) is 0 Å². The Morgan fingerprint density at radius 1 is 1.25 bits per heavy atom. The van der Waals surface area contributed by atoms with Crippen molar-refractivity contribution in [2.24, 2.45) is 0 Å². The number of hydrogen-bond donors (Lipinski definition) is 3. The third kappa shape index (κ3) is 5.79. The Kier molecular flexibility index (Phi) is 5.68. The molecule has 0 aromatic rings. The molecule has 0 heterocycles. The maximum absolute atomic E-state index is 10.8. The van der Waals surface area contributed by atoms with Crippen molar-refractivity contribution >= 4 is 10.0 Å². The van der Waals surface area contributed by atoms with Crippen molar-refractivity contribution < 1.29 is 13.5 Å². The van der Waals surface area contributed by atoms with Crippen LogP contribution in [0.5, 0.6) is 0 Å². The van der Waals surface area contributed by atoms with Gasteiger partial charge in [0.25, 0.3) is 0 Å². The zero-order valence-electron chi connectivity index (χ0n) is 9.78. The molecule has 0 aliphatic heterocycles. The molecule has 6 heteroatoms. The molecule has 96 valence electrons. The standard InChI is InChI=1S/C10H22N2O3S/c1-16(14,15)12-8-4-7-11-9-5-2-3-6-10(9)13/h9-13H,2-8H2,1H3. The van der Waals surface area contributed by atoms with Crippen LogP contribution in [0.15, 0.2) is 0 Å². The lowest BCUT2D eigenvalue weighted by atomic mass is 9.92. The summed E-state index contributed by atoms with van der Waals surface area (Å²) in [6.07, 6.45) is 5.82. The number of sulfonamides is 1. The normalized spacial score (nSPS) is 26.9. The summed E-state index contributed by atoms with van der Waals surface area (Å²) < 4.78 is 24.0. The van der Waals surface area contributed by atoms with Gasteiger partial charge >= 0.3 is 0 Å². The molecular weight excluding hydrogens is 228 g/mol. The first-order chi connectivity index (χ1) is 7.49. The summed E-state index contributed by atoms with van der Waals surface area (Å²) in [5.41, 5.74) is 0. The lowest BCUT2D eigenvalue weighted by Gasteiger charge is -2.28. The fraction of sp³-hybridized carbons (Fsp3) is 1.00. The third-order valence-electron chi connectivity index (χ3n) is 2.85. The second kappa shape index (κ2) is 6.54. The van der Waals surface area contributed by atoms with Crippen LogP contribution in [-0.4, -0.2) is 45.0 Å². The summed E-state index contributed by atoms with van der Waals surface area (Å²) >= 11 is 0. The smallest absolute Gasteiger partial charge is 0.208 e. The van der Waals surface area contributed by atoms with Crippen LogP contribution in [0.3, 0.4) is 0 Å². The maximum atomic E-state index is 10.8. The SMILES string of the molecule is CS(=O)(=O)NCCCNC1CCCCC1O. The molecule has 1 aliphatic rings. The van der Waals surface area contributed by atoms with Gasteiger partial charge in [0.05, 0.1) is 12.4 Å². The average Bonchev–Trinajstić information content (AvgIpc) is 2.18. The molecule has 5 nitrogen and oxygen atoms in total. The van der Waals surface area contributed by atoms with Crippen molar-refractivity contribution in [3.8, 4) is 0 Å². The molecule has 3 N–H and O–H groups in total. The molecule has 0 aromatic carbocycles. The highest BCUT2D eigenvalue weighted by Gasteiger charge is 2.21. The Morgan fingerprint density at radius 3 is 2.56 bits per heavy atom. The molecule has 1 fully saturated rings. The van der Waals surface area contributed by atoms with Gasteiger partial charge in [0.15, 0.2) is 0 Å². The quantitative estimate of drug-likeness (QED) is 0.571. The van der Waals surface area contributed by atoms with Crippen molar-refractivity contribution in [2.45, 2.75) is 44.2 Å². The minimum atomic E-state index is -3.07. The number of aliphatic hydroxyl groups excluding tert-OH is 1. The summed E-state index contributed by atoms with van der Waals surface area (Å²) in [5.74, 6) is 0. The van der Waals surface area contributed by atoms with Gasteiger partial charge in [-0.2, -0.15) is 0 Å². The van der Waals surface area contributed by atoms with Gasteiger partial charge in [0.2, 0.25) is 10.0 Å². The van der Waals surface area contributed by atoms with E-state index in [-0.39, 0.29) is 12.1 Å². The van der Waals surface area contributed by atoms with E-state index in [0.717, 1.165) is 44.9 Å². The fourth-order valence-corrected chi connectivity index (χ4v) is 2.50. The summed E-state index contributed by atoms with van der Waals surface area (Å²) in [6.45, 7) is 1.19. The van der Waals surface area contributed by atoms with E-state index in [1.165, 1.54) is 0 Å². The summed E-state index contributed by atoms with van der Waals surface area (Å²) in [5, 5.41) is 13.0. The van der Waals surface area contributed by atoms with E-state index in [4.69, 9.17) is 0 Å². The number of aliphatic hydroxyl groups is 1. The van der Waals surface area contributed by atoms with Gasteiger partial charge in [-0.05, 0) is 25.8 Å². The molecule has 1 rings (SSSR count). The van der Waals surface area contributed by atoms with Crippen molar-refractivity contribution in [1.29, 1.82) is 0 Å². The largest absolute Gasteiger partial charge is 0.392 e. The lowest BCUT2D eigenvalue weighted by Crippen LogP contribution is -2.43. The van der Waals surface area contributed by atoms with Crippen LogP contribution in [-0.2, 0) is 10.0 Å². The Bertz CT molecular complexity index is 292. The Morgan fingerprint density at radius 2 is 1.94 bits per heavy atom. The number of nitrogens with one attached hydrogen (secondary N) is 2. The van der Waals surface area contributed by atoms with Gasteiger partial charge in [-0.15, -0.1) is 0 Å². The van der Waals surface area contributed by atoms with Crippen LogP contribution in [0.2, 0.25) is 0 Å². The molecule has 0 spiro atoms. The molecule has 0 saturated heterocycles. The highest BCUT2D eigenvalue weighted by atomic mass is 32.2. The van der Waals surface area contributed by atoms with E-state index in [1.54, 1.807) is 0 Å². The molecule has 0 aromatic heterocycles. The highest BCUT2D eigenvalue weighted by molar-refractivity contribution is 7.88. The van der Waals surface area contributed by atoms with Crippen LogP contribution in [0.25, 0.3) is 0 Å². The molecule has 2 unspecified atom stereocenters. The van der Waals surface area contributed by atoms with Crippen molar-refractivity contribution in [2.75, 3.05) is 19.3 Å². The Hall–Kier alpha value is -0.170. The number of hydrogen-bond acceptors (Lipinski definition) is 4. The molecule has 0 amide bonds. The summed E-state index contributed by atoms with van der Waals surface area (Å²) in [4.78, 5) is 0. The van der Waals surface area contributed by atoms with Crippen molar-refractivity contribution in [3.05, 3.63) is 0 Å². The Labute approximate surface area is 97.7 Å². The summed E-state index contributed by atoms with van der Waals surface area (Å²) in [6, 6.07) is 0.187. The van der Waals surface area contributed by atoms with Gasteiger partial charge < -0.3 is 10.4 Å². The van der Waals surface area contributed by atoms with Crippen LogP contribution in [0, 0.1) is 0 Å². The van der Waals surface area contributed by atoms with Gasteiger partial charge in [-0.3, -0.25) is 0 Å². The van der Waals surface area contributed by atoms with E-state index in [2.05, 4.69) is 10.0 Å². The summed E-state index contributed by atoms with van der Waals surface area (Å²) in [7, 11) is -3.07. The predicted octanol–water partition coefficient (Wildman–Crippen LogP) is -0.181. The fourth-order valence-electron chi connectivity index (χ4n) is 1.98. The zero-order chi connectivity index (χ0) is 12.0. The van der Waals surface area contributed by atoms with Crippen LogP contribution in [0.1, 0.15) is 32.1 Å². The van der Waals surface area contributed by atoms with Crippen molar-refractivity contribution in [1.82, 2.24) is 10.0 Å². The first-order valence-corrected chi connectivity index (χ1v) is 7.74. The second-order valence-corrected chi connectivity index (χ2v) is 6.27. The van der Waals surface area contributed by atoms with E-state index < -0.39 is 10.0 Å². The minimum absolute atomic E-state index is 0.187. The zero-order valence-corrected chi connectivity index (χ0v) is 10.6. The third-order valence-corrected chi connectivity index (χ3v) is 3.58. The van der Waals surface area contributed by atoms with Gasteiger partial charge in [0.1, 0.15) is 0 Å². The van der Waals surface area contributed by atoms with Gasteiger partial charge in [-0.25, -0.2) is 13.1 Å². The Balaban J connectivity index is 2.06. The predicted molar refractivity (Wildman–Crippen MR) is 63.7 cm³/mol. The van der Waals surface area contributed by atoms with E-state index in [9.17, 15) is 13.5 Å². The molecule has 1 aliphatic carbocycles. The van der Waals surface area contributed by atoms with E-state index >= 15 is 0 Å².